The summed E-state index contributed by atoms with van der Waals surface area (Å²) in [6, 6.07) is 2.13. The van der Waals surface area contributed by atoms with Crippen LogP contribution in [0.15, 0.2) is 12.1 Å². The second kappa shape index (κ2) is 4.37. The molecule has 1 aliphatic heterocycles. The molecule has 0 radical (unpaired) electrons. The first kappa shape index (κ1) is 12.5. The standard InChI is InChI=1S/C12H16F2N2S/c1-12(2)7-16(3-4-17-12)10-6-8(13)5-9(14)11(10)15/h5-6H,3-4,7,15H2,1-2H3. The molecule has 0 saturated carbocycles. The topological polar surface area (TPSA) is 29.3 Å². The summed E-state index contributed by atoms with van der Waals surface area (Å²) in [5.41, 5.74) is 6.19. The minimum atomic E-state index is -0.684. The van der Waals surface area contributed by atoms with Crippen molar-refractivity contribution in [2.45, 2.75) is 18.6 Å². The molecule has 2 nitrogen and oxygen atoms in total. The van der Waals surface area contributed by atoms with Crippen LogP contribution in [0.1, 0.15) is 13.8 Å². The van der Waals surface area contributed by atoms with E-state index in [1.54, 1.807) is 0 Å². The third-order valence-electron chi connectivity index (χ3n) is 2.84. The highest BCUT2D eigenvalue weighted by molar-refractivity contribution is 8.00. The van der Waals surface area contributed by atoms with E-state index in [1.807, 2.05) is 16.7 Å². The van der Waals surface area contributed by atoms with Crippen LogP contribution >= 0.6 is 11.8 Å². The van der Waals surface area contributed by atoms with Crippen molar-refractivity contribution in [3.63, 3.8) is 0 Å². The van der Waals surface area contributed by atoms with Gasteiger partial charge in [0.1, 0.15) is 5.82 Å². The molecule has 1 aromatic carbocycles. The van der Waals surface area contributed by atoms with Crippen molar-refractivity contribution >= 4 is 23.1 Å². The number of hydrogen-bond acceptors (Lipinski definition) is 3. The molecule has 1 heterocycles. The molecule has 1 fully saturated rings. The maximum atomic E-state index is 13.4. The van der Waals surface area contributed by atoms with E-state index >= 15 is 0 Å². The summed E-state index contributed by atoms with van der Waals surface area (Å²) in [6.45, 7) is 5.75. The lowest BCUT2D eigenvalue weighted by molar-refractivity contribution is 0.581. The zero-order chi connectivity index (χ0) is 12.6. The first-order valence-electron chi connectivity index (χ1n) is 5.52. The minimum Gasteiger partial charge on any atom is -0.395 e. The molecule has 94 valence electrons. The molecule has 0 aliphatic carbocycles. The molecular formula is C12H16F2N2S. The number of nitrogen functional groups attached to an aromatic ring is 1. The summed E-state index contributed by atoms with van der Waals surface area (Å²) < 4.78 is 26.7. The van der Waals surface area contributed by atoms with Crippen molar-refractivity contribution < 1.29 is 8.78 Å². The number of rotatable bonds is 1. The fraction of sp³-hybridized carbons (Fsp3) is 0.500. The summed E-state index contributed by atoms with van der Waals surface area (Å²) in [6.07, 6.45) is 0. The van der Waals surface area contributed by atoms with E-state index in [1.165, 1.54) is 6.07 Å². The normalized spacial score (nSPS) is 19.4. The molecule has 0 atom stereocenters. The van der Waals surface area contributed by atoms with E-state index < -0.39 is 11.6 Å². The Balaban J connectivity index is 2.34. The molecule has 17 heavy (non-hydrogen) atoms. The van der Waals surface area contributed by atoms with Crippen LogP contribution in [0.4, 0.5) is 20.2 Å². The lowest BCUT2D eigenvalue weighted by atomic mass is 10.1. The van der Waals surface area contributed by atoms with Crippen LogP contribution in [0.5, 0.6) is 0 Å². The highest BCUT2D eigenvalue weighted by Crippen LogP contribution is 2.35. The molecule has 1 saturated heterocycles. The molecule has 5 heteroatoms. The van der Waals surface area contributed by atoms with Crippen LogP contribution in [-0.2, 0) is 0 Å². The molecule has 1 aromatic rings. The van der Waals surface area contributed by atoms with Crippen molar-refractivity contribution in [1.29, 1.82) is 0 Å². The maximum Gasteiger partial charge on any atom is 0.151 e. The second-order valence-electron chi connectivity index (χ2n) is 4.85. The van der Waals surface area contributed by atoms with Gasteiger partial charge >= 0.3 is 0 Å². The highest BCUT2D eigenvalue weighted by Gasteiger charge is 2.28. The van der Waals surface area contributed by atoms with Crippen LogP contribution in [0.2, 0.25) is 0 Å². The Bertz CT molecular complexity index is 435. The molecule has 1 aliphatic rings. The number of hydrogen-bond donors (Lipinski definition) is 1. The minimum absolute atomic E-state index is 0.0362. The van der Waals surface area contributed by atoms with Crippen LogP contribution in [-0.4, -0.2) is 23.6 Å². The Morgan fingerprint density at radius 1 is 1.35 bits per heavy atom. The Hall–Kier alpha value is -0.970. The fourth-order valence-electron chi connectivity index (χ4n) is 2.05. The maximum absolute atomic E-state index is 13.4. The van der Waals surface area contributed by atoms with Crippen LogP contribution < -0.4 is 10.6 Å². The van der Waals surface area contributed by atoms with Crippen LogP contribution in [0.25, 0.3) is 0 Å². The summed E-state index contributed by atoms with van der Waals surface area (Å²) >= 11 is 1.86. The molecular weight excluding hydrogens is 242 g/mol. The van der Waals surface area contributed by atoms with Gasteiger partial charge in [-0.3, -0.25) is 0 Å². The molecule has 0 spiro atoms. The van der Waals surface area contributed by atoms with Gasteiger partial charge in [0, 0.05) is 29.7 Å². The van der Waals surface area contributed by atoms with Crippen LogP contribution in [0, 0.1) is 11.6 Å². The van der Waals surface area contributed by atoms with Crippen molar-refractivity contribution in [3.05, 3.63) is 23.8 Å². The van der Waals surface area contributed by atoms with Gasteiger partial charge in [0.2, 0.25) is 0 Å². The molecule has 2 rings (SSSR count). The Morgan fingerprint density at radius 2 is 2.06 bits per heavy atom. The van der Waals surface area contributed by atoms with E-state index in [0.29, 0.717) is 5.69 Å². The smallest absolute Gasteiger partial charge is 0.151 e. The number of anilines is 2. The number of benzene rings is 1. The Morgan fingerprint density at radius 3 is 2.71 bits per heavy atom. The van der Waals surface area contributed by atoms with Gasteiger partial charge in [0.15, 0.2) is 5.82 Å². The van der Waals surface area contributed by atoms with Gasteiger partial charge in [-0.1, -0.05) is 0 Å². The monoisotopic (exact) mass is 258 g/mol. The van der Waals surface area contributed by atoms with Gasteiger partial charge in [-0.05, 0) is 19.9 Å². The quantitative estimate of drug-likeness (QED) is 0.785. The van der Waals surface area contributed by atoms with Gasteiger partial charge in [0.25, 0.3) is 0 Å². The van der Waals surface area contributed by atoms with E-state index in [-0.39, 0.29) is 10.4 Å². The summed E-state index contributed by atoms with van der Waals surface area (Å²) in [7, 11) is 0. The average molecular weight is 258 g/mol. The molecule has 0 bridgehead atoms. The predicted octanol–water partition coefficient (Wildman–Crippen LogP) is 2.88. The predicted molar refractivity (Wildman–Crippen MR) is 69.5 cm³/mol. The van der Waals surface area contributed by atoms with E-state index in [9.17, 15) is 8.78 Å². The van der Waals surface area contributed by atoms with E-state index in [2.05, 4.69) is 13.8 Å². The first-order chi connectivity index (χ1) is 7.89. The average Bonchev–Trinajstić information content (AvgIpc) is 2.22. The molecule has 0 amide bonds. The van der Waals surface area contributed by atoms with Crippen molar-refractivity contribution in [1.82, 2.24) is 0 Å². The largest absolute Gasteiger partial charge is 0.395 e. The Labute approximate surface area is 104 Å². The first-order valence-corrected chi connectivity index (χ1v) is 6.51. The van der Waals surface area contributed by atoms with Crippen molar-refractivity contribution in [2.24, 2.45) is 0 Å². The summed E-state index contributed by atoms with van der Waals surface area (Å²) in [5, 5.41) is 0. The zero-order valence-corrected chi connectivity index (χ0v) is 10.8. The zero-order valence-electron chi connectivity index (χ0n) is 9.96. The fourth-order valence-corrected chi connectivity index (χ4v) is 3.17. The Kier molecular flexibility index (Phi) is 3.21. The third kappa shape index (κ3) is 2.65. The lowest BCUT2D eigenvalue weighted by Gasteiger charge is -2.39. The van der Waals surface area contributed by atoms with Gasteiger partial charge in [0.05, 0.1) is 11.4 Å². The number of halogens is 2. The van der Waals surface area contributed by atoms with Crippen LogP contribution in [0.3, 0.4) is 0 Å². The number of nitrogens with zero attached hydrogens (tertiary/aromatic N) is 1. The highest BCUT2D eigenvalue weighted by atomic mass is 32.2. The molecule has 0 aromatic heterocycles. The van der Waals surface area contributed by atoms with Gasteiger partial charge in [-0.25, -0.2) is 8.78 Å². The van der Waals surface area contributed by atoms with Gasteiger partial charge in [-0.15, -0.1) is 0 Å². The second-order valence-corrected chi connectivity index (χ2v) is 6.65. The SMILES string of the molecule is CC1(C)CN(c2cc(F)cc(F)c2N)CCS1. The summed E-state index contributed by atoms with van der Waals surface area (Å²) in [4.78, 5) is 1.96. The summed E-state index contributed by atoms with van der Waals surface area (Å²) in [5.74, 6) is -0.330. The van der Waals surface area contributed by atoms with E-state index in [4.69, 9.17) is 5.73 Å². The van der Waals surface area contributed by atoms with Crippen molar-refractivity contribution in [3.8, 4) is 0 Å². The number of thioether (sulfide) groups is 1. The lowest BCUT2D eigenvalue weighted by Crippen LogP contribution is -2.43. The third-order valence-corrected chi connectivity index (χ3v) is 4.14. The van der Waals surface area contributed by atoms with Gasteiger partial charge in [-0.2, -0.15) is 11.8 Å². The molecule has 2 N–H and O–H groups in total. The molecule has 0 unspecified atom stereocenters. The van der Waals surface area contributed by atoms with Crippen molar-refractivity contribution in [2.75, 3.05) is 29.5 Å². The van der Waals surface area contributed by atoms with Gasteiger partial charge < -0.3 is 10.6 Å². The number of nitrogens with two attached hydrogens (primary N) is 1. The van der Waals surface area contributed by atoms with E-state index in [0.717, 1.165) is 24.9 Å².